The predicted molar refractivity (Wildman–Crippen MR) is 142 cm³/mol. The van der Waals surface area contributed by atoms with Crippen LogP contribution < -0.4 is 10.6 Å². The van der Waals surface area contributed by atoms with Crippen LogP contribution >= 0.6 is 0 Å². The van der Waals surface area contributed by atoms with Gasteiger partial charge in [-0.25, -0.2) is 9.18 Å². The lowest BCUT2D eigenvalue weighted by molar-refractivity contribution is -0.139. The standard InChI is InChI=1S/C29H34F4N4O3/c1-18(38)34-21-4-2-3-19(13-21)28-9-7-23(14-20(28)16-28)37(12-11-36-10-8-24(39)17-36)27(40)35-22-5-6-26(30)25(15-22)29(31,32)33/h2-6,13,15,20,23-24,39H,7-12,14,16-17H2,1H3,(H,34,38)(H,35,40)/t20?,23-,24-,28-/m1/s1. The van der Waals surface area contributed by atoms with E-state index in [0.29, 0.717) is 57.1 Å². The van der Waals surface area contributed by atoms with E-state index in [-0.39, 0.29) is 23.1 Å². The minimum Gasteiger partial charge on any atom is -0.392 e. The fraction of sp³-hybridized carbons (Fsp3) is 0.517. The molecule has 2 aromatic rings. The molecule has 11 heteroatoms. The number of urea groups is 1. The van der Waals surface area contributed by atoms with E-state index in [4.69, 9.17) is 0 Å². The number of aliphatic hydroxyl groups excluding tert-OH is 1. The van der Waals surface area contributed by atoms with E-state index < -0.39 is 29.7 Å². The van der Waals surface area contributed by atoms with Gasteiger partial charge in [-0.1, -0.05) is 12.1 Å². The number of carbonyl (C=O) groups is 2. The van der Waals surface area contributed by atoms with Gasteiger partial charge in [-0.2, -0.15) is 13.2 Å². The lowest BCUT2D eigenvalue weighted by Crippen LogP contribution is -2.48. The molecular formula is C29H34F4N4O3. The summed E-state index contributed by atoms with van der Waals surface area (Å²) in [6.45, 7) is 3.59. The van der Waals surface area contributed by atoms with Crippen LogP contribution in [0.2, 0.25) is 0 Å². The molecule has 5 rings (SSSR count). The number of halogens is 4. The fourth-order valence-electron chi connectivity index (χ4n) is 6.49. The van der Waals surface area contributed by atoms with E-state index in [0.717, 1.165) is 36.6 Å². The summed E-state index contributed by atoms with van der Waals surface area (Å²) in [4.78, 5) is 28.8. The number of likely N-dealkylation sites (tertiary alicyclic amines) is 1. The molecule has 40 heavy (non-hydrogen) atoms. The van der Waals surface area contributed by atoms with Crippen molar-refractivity contribution in [1.82, 2.24) is 9.80 Å². The summed E-state index contributed by atoms with van der Waals surface area (Å²) in [7, 11) is 0. The average molecular weight is 563 g/mol. The molecule has 0 spiro atoms. The van der Waals surface area contributed by atoms with Crippen LogP contribution in [0.25, 0.3) is 0 Å². The van der Waals surface area contributed by atoms with Crippen molar-refractivity contribution >= 4 is 23.3 Å². The summed E-state index contributed by atoms with van der Waals surface area (Å²) in [6, 6.07) is 9.69. The molecule has 2 aromatic carbocycles. The first-order chi connectivity index (χ1) is 18.9. The molecule has 3 aliphatic rings. The molecule has 216 valence electrons. The number of β-amino-alcohol motifs (C(OH)–C–C–N with tert-alkyl or cyclic N) is 1. The van der Waals surface area contributed by atoms with Crippen LogP contribution in [0, 0.1) is 11.7 Å². The number of nitrogens with zero attached hydrogens (tertiary/aromatic N) is 2. The van der Waals surface area contributed by atoms with Gasteiger partial charge in [0.05, 0.1) is 11.7 Å². The molecule has 3 fully saturated rings. The Morgan fingerprint density at radius 1 is 1.12 bits per heavy atom. The molecule has 1 aliphatic heterocycles. The summed E-state index contributed by atoms with van der Waals surface area (Å²) in [6.07, 6.45) is -1.35. The summed E-state index contributed by atoms with van der Waals surface area (Å²) in [5, 5.41) is 15.3. The van der Waals surface area contributed by atoms with E-state index in [1.54, 1.807) is 4.90 Å². The molecule has 7 nitrogen and oxygen atoms in total. The van der Waals surface area contributed by atoms with Crippen LogP contribution in [0.15, 0.2) is 42.5 Å². The van der Waals surface area contributed by atoms with Gasteiger partial charge in [-0.3, -0.25) is 9.69 Å². The van der Waals surface area contributed by atoms with E-state index in [1.807, 2.05) is 18.2 Å². The molecular weight excluding hydrogens is 528 g/mol. The topological polar surface area (TPSA) is 84.9 Å². The zero-order valence-corrected chi connectivity index (χ0v) is 22.3. The number of anilines is 2. The molecule has 0 radical (unpaired) electrons. The summed E-state index contributed by atoms with van der Waals surface area (Å²) in [5.74, 6) is -1.19. The van der Waals surface area contributed by atoms with Crippen LogP contribution in [0.3, 0.4) is 0 Å². The number of amides is 3. The van der Waals surface area contributed by atoms with Crippen molar-refractivity contribution in [2.75, 3.05) is 36.8 Å². The van der Waals surface area contributed by atoms with Gasteiger partial charge < -0.3 is 20.6 Å². The van der Waals surface area contributed by atoms with Gasteiger partial charge in [0.1, 0.15) is 5.82 Å². The first-order valence-electron chi connectivity index (χ1n) is 13.7. The third-order valence-electron chi connectivity index (χ3n) is 8.60. The van der Waals surface area contributed by atoms with E-state index >= 15 is 0 Å². The molecule has 1 unspecified atom stereocenters. The first-order valence-corrected chi connectivity index (χ1v) is 13.7. The minimum atomic E-state index is -4.88. The van der Waals surface area contributed by atoms with Crippen molar-refractivity contribution in [3.63, 3.8) is 0 Å². The van der Waals surface area contributed by atoms with Crippen molar-refractivity contribution in [3.8, 4) is 0 Å². The number of fused-ring (bicyclic) bond motifs is 1. The molecule has 2 saturated carbocycles. The van der Waals surface area contributed by atoms with Crippen LogP contribution in [-0.4, -0.2) is 65.2 Å². The van der Waals surface area contributed by atoms with Gasteiger partial charge in [0.15, 0.2) is 0 Å². The number of hydrogen-bond donors (Lipinski definition) is 3. The normalized spacial score (nSPS) is 26.2. The summed E-state index contributed by atoms with van der Waals surface area (Å²) in [5.41, 5.74) is 0.357. The number of rotatable bonds is 7. The quantitative estimate of drug-likeness (QED) is 0.405. The van der Waals surface area contributed by atoms with Gasteiger partial charge in [0.2, 0.25) is 5.91 Å². The van der Waals surface area contributed by atoms with Crippen molar-refractivity contribution in [3.05, 3.63) is 59.4 Å². The van der Waals surface area contributed by atoms with Crippen molar-refractivity contribution in [2.24, 2.45) is 5.92 Å². The highest BCUT2D eigenvalue weighted by Crippen LogP contribution is 2.63. The van der Waals surface area contributed by atoms with Crippen LogP contribution in [0.1, 0.15) is 50.2 Å². The maximum atomic E-state index is 13.8. The Bertz CT molecular complexity index is 1270. The molecule has 0 bridgehead atoms. The molecule has 1 heterocycles. The van der Waals surface area contributed by atoms with Crippen molar-refractivity contribution in [2.45, 2.75) is 62.8 Å². The highest BCUT2D eigenvalue weighted by molar-refractivity contribution is 5.90. The fourth-order valence-corrected chi connectivity index (χ4v) is 6.49. The Hall–Kier alpha value is -3.18. The zero-order chi connectivity index (χ0) is 28.7. The van der Waals surface area contributed by atoms with Crippen LogP contribution in [0.5, 0.6) is 0 Å². The Kier molecular flexibility index (Phi) is 7.80. The lowest BCUT2D eigenvalue weighted by Gasteiger charge is -2.37. The highest BCUT2D eigenvalue weighted by atomic mass is 19.4. The first kappa shape index (κ1) is 28.4. The Balaban J connectivity index is 1.31. The maximum Gasteiger partial charge on any atom is 0.419 e. The largest absolute Gasteiger partial charge is 0.419 e. The Labute approximate surface area is 230 Å². The summed E-state index contributed by atoms with van der Waals surface area (Å²) >= 11 is 0. The van der Waals surface area contributed by atoms with Crippen molar-refractivity contribution < 1.29 is 32.3 Å². The van der Waals surface area contributed by atoms with E-state index in [2.05, 4.69) is 21.6 Å². The molecule has 0 aromatic heterocycles. The van der Waals surface area contributed by atoms with Gasteiger partial charge in [0, 0.05) is 50.5 Å². The molecule has 3 amide bonds. The number of aliphatic hydroxyl groups is 1. The second kappa shape index (κ2) is 11.0. The number of benzene rings is 2. The Morgan fingerprint density at radius 2 is 1.90 bits per heavy atom. The second-order valence-electron chi connectivity index (χ2n) is 11.3. The Morgan fingerprint density at radius 3 is 2.58 bits per heavy atom. The zero-order valence-electron chi connectivity index (χ0n) is 22.3. The molecule has 2 aliphatic carbocycles. The van der Waals surface area contributed by atoms with Crippen LogP contribution in [0.4, 0.5) is 33.7 Å². The van der Waals surface area contributed by atoms with E-state index in [9.17, 15) is 32.3 Å². The predicted octanol–water partition coefficient (Wildman–Crippen LogP) is 5.21. The molecule has 3 N–H and O–H groups in total. The van der Waals surface area contributed by atoms with E-state index in [1.165, 1.54) is 6.92 Å². The number of nitrogens with one attached hydrogen (secondary N) is 2. The van der Waals surface area contributed by atoms with Gasteiger partial charge in [-0.15, -0.1) is 0 Å². The van der Waals surface area contributed by atoms with Gasteiger partial charge >= 0.3 is 12.2 Å². The van der Waals surface area contributed by atoms with Crippen molar-refractivity contribution in [1.29, 1.82) is 0 Å². The monoisotopic (exact) mass is 562 g/mol. The number of carbonyl (C=O) groups excluding carboxylic acids is 2. The SMILES string of the molecule is CC(=O)Nc1cccc([C@]23CC[C@@H](N(CCN4CC[C@@H](O)C4)C(=O)Nc4ccc(F)c(C(F)(F)F)c4)CC2C3)c1. The maximum absolute atomic E-state index is 13.8. The third-order valence-corrected chi connectivity index (χ3v) is 8.60. The highest BCUT2D eigenvalue weighted by Gasteiger charge is 2.58. The second-order valence-corrected chi connectivity index (χ2v) is 11.3. The summed E-state index contributed by atoms with van der Waals surface area (Å²) < 4.78 is 53.5. The lowest BCUT2D eigenvalue weighted by atomic mass is 9.80. The number of alkyl halides is 3. The van der Waals surface area contributed by atoms with Crippen LogP contribution in [-0.2, 0) is 16.4 Å². The third kappa shape index (κ3) is 6.10. The smallest absolute Gasteiger partial charge is 0.392 e. The average Bonchev–Trinajstić information content (AvgIpc) is 3.49. The number of hydrogen-bond acceptors (Lipinski definition) is 4. The van der Waals surface area contributed by atoms with Gasteiger partial charge in [-0.05, 0) is 79.3 Å². The minimum absolute atomic E-state index is 0.00917. The molecule has 4 atom stereocenters. The molecule has 1 saturated heterocycles. The van der Waals surface area contributed by atoms with Gasteiger partial charge in [0.25, 0.3) is 0 Å².